The van der Waals surface area contributed by atoms with Gasteiger partial charge in [-0.3, -0.25) is 9.36 Å². The largest absolute Gasteiger partial charge is 0.493 e. The molecule has 2 aromatic rings. The van der Waals surface area contributed by atoms with Crippen molar-refractivity contribution < 1.29 is 5.11 Å². The number of rotatable bonds is 4. The molecule has 1 N–H and O–H groups in total. The molecule has 8 heteroatoms. The van der Waals surface area contributed by atoms with E-state index in [4.69, 9.17) is 23.2 Å². The number of pyridine rings is 1. The minimum absolute atomic E-state index is 0.000993. The summed E-state index contributed by atoms with van der Waals surface area (Å²) < 4.78 is 1.14. The Bertz CT molecular complexity index is 943. The third kappa shape index (κ3) is 4.01. The minimum Gasteiger partial charge on any atom is -0.493 e. The van der Waals surface area contributed by atoms with Gasteiger partial charge in [0.1, 0.15) is 11.6 Å². The van der Waals surface area contributed by atoms with Crippen LogP contribution in [-0.4, -0.2) is 9.67 Å². The van der Waals surface area contributed by atoms with Crippen molar-refractivity contribution in [3.63, 3.8) is 0 Å². The first kappa shape index (κ1) is 19.0. The van der Waals surface area contributed by atoms with Gasteiger partial charge in [0, 0.05) is 12.1 Å². The summed E-state index contributed by atoms with van der Waals surface area (Å²) >= 11 is 11.8. The van der Waals surface area contributed by atoms with Crippen molar-refractivity contribution in [2.75, 3.05) is 0 Å². The number of nitriles is 1. The Labute approximate surface area is 155 Å². The van der Waals surface area contributed by atoms with Gasteiger partial charge in [0.05, 0.1) is 15.7 Å². The zero-order valence-corrected chi connectivity index (χ0v) is 15.4. The van der Waals surface area contributed by atoms with Crippen molar-refractivity contribution in [1.29, 1.82) is 5.26 Å². The molecule has 0 atom stereocenters. The Morgan fingerprint density at radius 1 is 1.28 bits per heavy atom. The van der Waals surface area contributed by atoms with Crippen molar-refractivity contribution in [2.45, 2.75) is 27.3 Å². The summed E-state index contributed by atoms with van der Waals surface area (Å²) in [7, 11) is 0. The highest BCUT2D eigenvalue weighted by atomic mass is 35.5. The molecule has 0 fully saturated rings. The molecule has 1 heterocycles. The Hall–Kier alpha value is -2.36. The van der Waals surface area contributed by atoms with Gasteiger partial charge in [-0.05, 0) is 31.0 Å². The van der Waals surface area contributed by atoms with Crippen molar-refractivity contribution in [3.8, 4) is 11.9 Å². The van der Waals surface area contributed by atoms with Gasteiger partial charge < -0.3 is 5.11 Å². The van der Waals surface area contributed by atoms with Crippen LogP contribution in [0.1, 0.15) is 25.0 Å². The molecular weight excluding hydrogens is 363 g/mol. The van der Waals surface area contributed by atoms with Crippen molar-refractivity contribution in [2.24, 2.45) is 16.1 Å². The fourth-order valence-electron chi connectivity index (χ4n) is 2.25. The topological polar surface area (TPSA) is 90.7 Å². The van der Waals surface area contributed by atoms with E-state index in [-0.39, 0.29) is 35.2 Å². The van der Waals surface area contributed by atoms with E-state index in [0.717, 1.165) is 4.57 Å². The lowest BCUT2D eigenvalue weighted by molar-refractivity contribution is 0.381. The van der Waals surface area contributed by atoms with Crippen molar-refractivity contribution in [3.05, 3.63) is 49.7 Å². The minimum atomic E-state index is -0.508. The Morgan fingerprint density at radius 2 is 1.96 bits per heavy atom. The van der Waals surface area contributed by atoms with Gasteiger partial charge in [-0.15, -0.1) is 5.11 Å². The molecule has 0 aliphatic heterocycles. The third-order valence-corrected chi connectivity index (χ3v) is 4.22. The number of aromatic hydroxyl groups is 1. The average molecular weight is 379 g/mol. The van der Waals surface area contributed by atoms with E-state index in [1.165, 1.54) is 6.07 Å². The third-order valence-electron chi connectivity index (χ3n) is 3.49. The number of azo groups is 1. The summed E-state index contributed by atoms with van der Waals surface area (Å²) in [6.45, 7) is 5.60. The van der Waals surface area contributed by atoms with Gasteiger partial charge in [-0.1, -0.05) is 37.0 Å². The highest BCUT2D eigenvalue weighted by Crippen LogP contribution is 2.30. The Kier molecular flexibility index (Phi) is 5.83. The van der Waals surface area contributed by atoms with E-state index < -0.39 is 5.56 Å². The number of hydrogen-bond donors (Lipinski definition) is 1. The summed E-state index contributed by atoms with van der Waals surface area (Å²) in [6.07, 6.45) is 0. The second-order valence-corrected chi connectivity index (χ2v) is 6.71. The molecule has 0 saturated carbocycles. The van der Waals surface area contributed by atoms with Crippen LogP contribution in [0.4, 0.5) is 11.4 Å². The van der Waals surface area contributed by atoms with Crippen LogP contribution in [0.2, 0.25) is 10.0 Å². The lowest BCUT2D eigenvalue weighted by Gasteiger charge is -2.14. The zero-order chi connectivity index (χ0) is 18.7. The van der Waals surface area contributed by atoms with Crippen LogP contribution in [0.5, 0.6) is 5.88 Å². The maximum Gasteiger partial charge on any atom is 0.281 e. The molecule has 0 aliphatic carbocycles. The van der Waals surface area contributed by atoms with Gasteiger partial charge in [-0.25, -0.2) is 0 Å². The maximum absolute atomic E-state index is 12.6. The Balaban J connectivity index is 2.60. The summed E-state index contributed by atoms with van der Waals surface area (Å²) in [6, 6.07) is 6.60. The van der Waals surface area contributed by atoms with E-state index in [0.29, 0.717) is 15.7 Å². The number of halogens is 2. The first-order chi connectivity index (χ1) is 11.8. The molecule has 0 amide bonds. The van der Waals surface area contributed by atoms with Crippen LogP contribution in [0, 0.1) is 24.2 Å². The second-order valence-electron chi connectivity index (χ2n) is 5.89. The molecule has 0 unspecified atom stereocenters. The molecule has 0 spiro atoms. The number of nitrogens with zero attached hydrogens (tertiary/aromatic N) is 4. The van der Waals surface area contributed by atoms with Crippen LogP contribution < -0.4 is 5.56 Å². The summed E-state index contributed by atoms with van der Waals surface area (Å²) in [5.74, 6) is -0.259. The average Bonchev–Trinajstić information content (AvgIpc) is 2.55. The van der Waals surface area contributed by atoms with Crippen LogP contribution in [0.3, 0.4) is 0 Å². The molecule has 130 valence electrons. The molecule has 0 aliphatic rings. The van der Waals surface area contributed by atoms with Crippen LogP contribution in [0.25, 0.3) is 0 Å². The highest BCUT2D eigenvalue weighted by Gasteiger charge is 2.19. The molecule has 2 rings (SSSR count). The fraction of sp³-hybridized carbons (Fsp3) is 0.294. The molecule has 1 aromatic carbocycles. The SMILES string of the molecule is Cc1c(C#N)c(O)n(CC(C)C)c(=O)c1N=Nc1ccc(Cl)c(Cl)c1. The molecule has 0 bridgehead atoms. The van der Waals surface area contributed by atoms with Gasteiger partial charge >= 0.3 is 0 Å². The van der Waals surface area contributed by atoms with E-state index >= 15 is 0 Å². The van der Waals surface area contributed by atoms with Gasteiger partial charge in [-0.2, -0.15) is 10.4 Å². The lowest BCUT2D eigenvalue weighted by Crippen LogP contribution is -2.24. The lowest BCUT2D eigenvalue weighted by atomic mass is 10.1. The van der Waals surface area contributed by atoms with E-state index in [1.807, 2.05) is 19.9 Å². The summed E-state index contributed by atoms with van der Waals surface area (Å²) in [5.41, 5.74) is 0.180. The van der Waals surface area contributed by atoms with E-state index in [1.54, 1.807) is 19.1 Å². The monoisotopic (exact) mass is 378 g/mol. The maximum atomic E-state index is 12.6. The quantitative estimate of drug-likeness (QED) is 0.748. The molecule has 6 nitrogen and oxygen atoms in total. The molecule has 0 radical (unpaired) electrons. The van der Waals surface area contributed by atoms with Crippen LogP contribution >= 0.6 is 23.2 Å². The predicted octanol–water partition coefficient (Wildman–Crippen LogP) is 5.11. The number of benzene rings is 1. The Morgan fingerprint density at radius 3 is 2.52 bits per heavy atom. The van der Waals surface area contributed by atoms with Crippen molar-refractivity contribution in [1.82, 2.24) is 4.57 Å². The normalized spacial score (nSPS) is 11.2. The molecular formula is C17H16Cl2N4O2. The second kappa shape index (κ2) is 7.68. The first-order valence-electron chi connectivity index (χ1n) is 7.49. The van der Waals surface area contributed by atoms with Gasteiger partial charge in [0.15, 0.2) is 5.69 Å². The zero-order valence-electron chi connectivity index (χ0n) is 13.9. The highest BCUT2D eigenvalue weighted by molar-refractivity contribution is 6.42. The predicted molar refractivity (Wildman–Crippen MR) is 97.3 cm³/mol. The van der Waals surface area contributed by atoms with Gasteiger partial charge in [0.25, 0.3) is 5.56 Å². The first-order valence-corrected chi connectivity index (χ1v) is 8.25. The van der Waals surface area contributed by atoms with Crippen molar-refractivity contribution >= 4 is 34.6 Å². The summed E-state index contributed by atoms with van der Waals surface area (Å²) in [5, 5.41) is 28.2. The number of aromatic nitrogens is 1. The fourth-order valence-corrected chi connectivity index (χ4v) is 2.54. The smallest absolute Gasteiger partial charge is 0.281 e. The molecule has 1 aromatic heterocycles. The number of hydrogen-bond acceptors (Lipinski definition) is 5. The van der Waals surface area contributed by atoms with Crippen LogP contribution in [0.15, 0.2) is 33.2 Å². The van der Waals surface area contributed by atoms with E-state index in [2.05, 4.69) is 10.2 Å². The van der Waals surface area contributed by atoms with Gasteiger partial charge in [0.2, 0.25) is 5.88 Å². The van der Waals surface area contributed by atoms with Crippen LogP contribution in [-0.2, 0) is 6.54 Å². The molecule has 25 heavy (non-hydrogen) atoms. The summed E-state index contributed by atoms with van der Waals surface area (Å²) in [4.78, 5) is 12.6. The molecule has 0 saturated heterocycles. The van der Waals surface area contributed by atoms with E-state index in [9.17, 15) is 15.2 Å². The standard InChI is InChI=1S/C17H16Cl2N4O2/c1-9(2)8-23-16(24)12(7-20)10(3)15(17(23)25)22-21-11-4-5-13(18)14(19)6-11/h4-6,9,24H,8H2,1-3H3.